The van der Waals surface area contributed by atoms with Crippen LogP contribution in [0.3, 0.4) is 0 Å². The van der Waals surface area contributed by atoms with Crippen LogP contribution < -0.4 is 5.56 Å². The highest BCUT2D eigenvalue weighted by molar-refractivity contribution is 9.10. The largest absolute Gasteiger partial charge is 0.494 e. The molecular formula is C14H12BrN3O2S. The van der Waals surface area contributed by atoms with Crippen molar-refractivity contribution in [1.29, 1.82) is 0 Å². The van der Waals surface area contributed by atoms with Gasteiger partial charge < -0.3 is 5.11 Å². The van der Waals surface area contributed by atoms with Gasteiger partial charge in [0.2, 0.25) is 5.88 Å². The van der Waals surface area contributed by atoms with Gasteiger partial charge in [-0.15, -0.1) is 0 Å². The monoisotopic (exact) mass is 365 g/mol. The smallest absolute Gasteiger partial charge is 0.264 e. The number of nitrogens with one attached hydrogen (secondary N) is 1. The molecule has 3 rings (SSSR count). The number of benzene rings is 1. The molecule has 1 aromatic carbocycles. The van der Waals surface area contributed by atoms with Crippen molar-refractivity contribution in [3.8, 4) is 11.6 Å². The fourth-order valence-electron chi connectivity index (χ4n) is 1.91. The number of aromatic nitrogens is 2. The highest BCUT2D eigenvalue weighted by Gasteiger charge is 2.20. The average Bonchev–Trinajstić information content (AvgIpc) is 3.22. The van der Waals surface area contributed by atoms with E-state index in [4.69, 9.17) is 12.2 Å². The van der Waals surface area contributed by atoms with Crippen molar-refractivity contribution in [2.24, 2.45) is 4.99 Å². The Morgan fingerprint density at radius 2 is 2.24 bits per heavy atom. The summed E-state index contributed by atoms with van der Waals surface area (Å²) in [6, 6.07) is 7.55. The molecule has 0 saturated heterocycles. The first-order valence-electron chi connectivity index (χ1n) is 6.43. The summed E-state index contributed by atoms with van der Waals surface area (Å²) < 4.78 is 2.40. The van der Waals surface area contributed by atoms with Crippen molar-refractivity contribution in [2.45, 2.75) is 18.9 Å². The normalized spacial score (nSPS) is 14.7. The van der Waals surface area contributed by atoms with Crippen LogP contribution in [0.15, 0.2) is 38.5 Å². The highest BCUT2D eigenvalue weighted by atomic mass is 79.9. The van der Waals surface area contributed by atoms with E-state index in [2.05, 4.69) is 25.9 Å². The minimum Gasteiger partial charge on any atom is -0.494 e. The summed E-state index contributed by atoms with van der Waals surface area (Å²) in [6.45, 7) is 0. The van der Waals surface area contributed by atoms with Crippen molar-refractivity contribution >= 4 is 34.4 Å². The van der Waals surface area contributed by atoms with Gasteiger partial charge in [-0.1, -0.05) is 22.0 Å². The number of aliphatic imine (C=N–C) groups is 1. The van der Waals surface area contributed by atoms with Gasteiger partial charge in [0.1, 0.15) is 5.56 Å². The maximum absolute atomic E-state index is 11.9. The lowest BCUT2D eigenvalue weighted by atomic mass is 10.3. The van der Waals surface area contributed by atoms with Gasteiger partial charge >= 0.3 is 0 Å². The Bertz CT molecular complexity index is 837. The van der Waals surface area contributed by atoms with Gasteiger partial charge in [-0.25, -0.2) is 0 Å². The lowest BCUT2D eigenvalue weighted by molar-refractivity contribution is 0.432. The second-order valence-electron chi connectivity index (χ2n) is 4.82. The SMILES string of the molecule is O=c1[nH]c(=S)n(-c2cccc(Br)c2)c(O)c1C=NC1CC1. The molecular weight excluding hydrogens is 354 g/mol. The molecule has 0 amide bonds. The number of hydrogen-bond acceptors (Lipinski definition) is 4. The van der Waals surface area contributed by atoms with Crippen molar-refractivity contribution in [1.82, 2.24) is 9.55 Å². The van der Waals surface area contributed by atoms with E-state index in [1.807, 2.05) is 12.1 Å². The summed E-state index contributed by atoms with van der Waals surface area (Å²) in [5, 5.41) is 10.4. The van der Waals surface area contributed by atoms with E-state index in [1.54, 1.807) is 12.1 Å². The van der Waals surface area contributed by atoms with Crippen LogP contribution in [-0.4, -0.2) is 26.9 Å². The first kappa shape index (κ1) is 14.2. The van der Waals surface area contributed by atoms with E-state index in [9.17, 15) is 9.90 Å². The third kappa shape index (κ3) is 2.98. The number of halogens is 1. The van der Waals surface area contributed by atoms with E-state index in [1.165, 1.54) is 10.8 Å². The Balaban J connectivity index is 2.18. The zero-order chi connectivity index (χ0) is 15.0. The third-order valence-corrected chi connectivity index (χ3v) is 3.93. The molecule has 0 aliphatic heterocycles. The summed E-state index contributed by atoms with van der Waals surface area (Å²) in [6.07, 6.45) is 3.48. The summed E-state index contributed by atoms with van der Waals surface area (Å²) in [5.74, 6) is -0.203. The van der Waals surface area contributed by atoms with Gasteiger partial charge in [-0.05, 0) is 43.3 Å². The van der Waals surface area contributed by atoms with Crippen LogP contribution in [0.1, 0.15) is 18.4 Å². The first-order chi connectivity index (χ1) is 10.1. The molecule has 0 spiro atoms. The molecule has 0 unspecified atom stereocenters. The van der Waals surface area contributed by atoms with Gasteiger partial charge in [-0.3, -0.25) is 19.3 Å². The molecule has 0 atom stereocenters. The molecule has 1 saturated carbocycles. The zero-order valence-corrected chi connectivity index (χ0v) is 13.3. The van der Waals surface area contributed by atoms with Crippen molar-refractivity contribution < 1.29 is 5.11 Å². The lowest BCUT2D eigenvalue weighted by Gasteiger charge is -2.11. The molecule has 1 fully saturated rings. The summed E-state index contributed by atoms with van der Waals surface area (Å²) in [7, 11) is 0. The number of rotatable bonds is 3. The van der Waals surface area contributed by atoms with Gasteiger partial charge in [0.15, 0.2) is 4.77 Å². The van der Waals surface area contributed by atoms with E-state index in [0.717, 1.165) is 17.3 Å². The van der Waals surface area contributed by atoms with Crippen molar-refractivity contribution in [2.75, 3.05) is 0 Å². The second-order valence-corrected chi connectivity index (χ2v) is 6.12. The minimum absolute atomic E-state index is 0.121. The topological polar surface area (TPSA) is 70.4 Å². The van der Waals surface area contributed by atoms with E-state index < -0.39 is 5.56 Å². The van der Waals surface area contributed by atoms with E-state index in [0.29, 0.717) is 5.69 Å². The standard InChI is InChI=1S/C14H12BrN3O2S/c15-8-2-1-3-10(6-8)18-13(20)11(7-16-9-4-5-9)12(19)17-14(18)21/h1-3,6-7,9,20H,4-5H2,(H,17,19,21). The van der Waals surface area contributed by atoms with Crippen LogP contribution in [0.2, 0.25) is 0 Å². The Kier molecular flexibility index (Phi) is 3.77. The highest BCUT2D eigenvalue weighted by Crippen LogP contribution is 2.25. The van der Waals surface area contributed by atoms with Gasteiger partial charge in [-0.2, -0.15) is 0 Å². The van der Waals surface area contributed by atoms with Gasteiger partial charge in [0.25, 0.3) is 5.56 Å². The van der Waals surface area contributed by atoms with E-state index >= 15 is 0 Å². The van der Waals surface area contributed by atoms with Gasteiger partial charge in [0.05, 0.1) is 11.7 Å². The molecule has 1 heterocycles. The van der Waals surface area contributed by atoms with Crippen molar-refractivity contribution in [3.05, 3.63) is 49.4 Å². The van der Waals surface area contributed by atoms with Crippen LogP contribution in [0.4, 0.5) is 0 Å². The molecule has 0 radical (unpaired) electrons. The van der Waals surface area contributed by atoms with E-state index in [-0.39, 0.29) is 22.3 Å². The predicted octanol–water partition coefficient (Wildman–Crippen LogP) is 2.94. The van der Waals surface area contributed by atoms with Gasteiger partial charge in [0, 0.05) is 10.7 Å². The first-order valence-corrected chi connectivity index (χ1v) is 7.64. The number of nitrogens with zero attached hydrogens (tertiary/aromatic N) is 2. The molecule has 1 aliphatic carbocycles. The van der Waals surface area contributed by atoms with Crippen LogP contribution >= 0.6 is 28.1 Å². The quantitative estimate of drug-likeness (QED) is 0.648. The molecule has 1 aromatic heterocycles. The fourth-order valence-corrected chi connectivity index (χ4v) is 2.58. The second kappa shape index (κ2) is 5.57. The average molecular weight is 366 g/mol. The minimum atomic E-state index is -0.437. The number of hydrogen-bond donors (Lipinski definition) is 2. The summed E-state index contributed by atoms with van der Waals surface area (Å²) >= 11 is 8.52. The Morgan fingerprint density at radius 3 is 2.90 bits per heavy atom. The Labute approximate surface area is 134 Å². The molecule has 2 N–H and O–H groups in total. The maximum atomic E-state index is 11.9. The zero-order valence-electron chi connectivity index (χ0n) is 10.9. The molecule has 7 heteroatoms. The van der Waals surface area contributed by atoms with Crippen LogP contribution in [-0.2, 0) is 0 Å². The number of H-pyrrole nitrogens is 1. The maximum Gasteiger partial charge on any atom is 0.264 e. The Morgan fingerprint density at radius 1 is 1.48 bits per heavy atom. The van der Waals surface area contributed by atoms with Crippen LogP contribution in [0, 0.1) is 4.77 Å². The molecule has 2 aromatic rings. The summed E-state index contributed by atoms with van der Waals surface area (Å²) in [4.78, 5) is 18.8. The predicted molar refractivity (Wildman–Crippen MR) is 87.2 cm³/mol. The summed E-state index contributed by atoms with van der Waals surface area (Å²) in [5.41, 5.74) is 0.341. The van der Waals surface area contributed by atoms with Crippen LogP contribution in [0.25, 0.3) is 5.69 Å². The molecule has 21 heavy (non-hydrogen) atoms. The lowest BCUT2D eigenvalue weighted by Crippen LogP contribution is -2.18. The Hall–Kier alpha value is -1.73. The van der Waals surface area contributed by atoms with Crippen LogP contribution in [0.5, 0.6) is 5.88 Å². The van der Waals surface area contributed by atoms with Crippen molar-refractivity contribution in [3.63, 3.8) is 0 Å². The number of aromatic hydroxyl groups is 1. The molecule has 5 nitrogen and oxygen atoms in total. The molecule has 0 bridgehead atoms. The fraction of sp³-hybridized carbons (Fsp3) is 0.214. The number of aromatic amines is 1. The molecule has 108 valence electrons. The third-order valence-electron chi connectivity index (χ3n) is 3.15. The molecule has 1 aliphatic rings.